The normalized spacial score (nSPS) is 21.9. The predicted octanol–water partition coefficient (Wildman–Crippen LogP) is 3.34. The maximum Gasteiger partial charge on any atom is 0.295 e. The Labute approximate surface area is 211 Å². The van der Waals surface area contributed by atoms with Crippen LogP contribution in [0.2, 0.25) is 0 Å². The minimum absolute atomic E-state index is 0.0935. The molecule has 1 N–H and O–H groups in total. The summed E-state index contributed by atoms with van der Waals surface area (Å²) in [5.74, 6) is -0.0431. The van der Waals surface area contributed by atoms with Crippen molar-refractivity contribution in [1.82, 2.24) is 9.80 Å². The number of ether oxygens (including phenoxy) is 3. The van der Waals surface area contributed by atoms with Crippen LogP contribution in [0.4, 0.5) is 0 Å². The second-order valence-corrected chi connectivity index (χ2v) is 9.63. The maximum atomic E-state index is 13.3. The van der Waals surface area contributed by atoms with E-state index in [1.807, 2.05) is 24.3 Å². The van der Waals surface area contributed by atoms with Crippen molar-refractivity contribution in [2.24, 2.45) is 0 Å². The highest BCUT2D eigenvalue weighted by atomic mass is 16.6. The second kappa shape index (κ2) is 10.3. The average molecular weight is 493 g/mol. The number of morpholine rings is 1. The number of aliphatic hydroxyl groups is 1. The molecule has 8 nitrogen and oxygen atoms in total. The van der Waals surface area contributed by atoms with Gasteiger partial charge in [-0.25, -0.2) is 0 Å². The Morgan fingerprint density at radius 3 is 2.33 bits per heavy atom. The van der Waals surface area contributed by atoms with Gasteiger partial charge < -0.3 is 24.2 Å². The van der Waals surface area contributed by atoms with Gasteiger partial charge in [0.2, 0.25) is 0 Å². The number of likely N-dealkylation sites (tertiary alicyclic amines) is 1. The Balaban J connectivity index is 1.53. The smallest absolute Gasteiger partial charge is 0.295 e. The zero-order valence-electron chi connectivity index (χ0n) is 20.7. The molecule has 3 aliphatic rings. The van der Waals surface area contributed by atoms with Crippen molar-refractivity contribution in [3.63, 3.8) is 0 Å². The molecule has 36 heavy (non-hydrogen) atoms. The number of ketones is 1. The van der Waals surface area contributed by atoms with Crippen molar-refractivity contribution in [2.45, 2.75) is 25.8 Å². The van der Waals surface area contributed by atoms with E-state index in [0.717, 1.165) is 24.2 Å². The van der Waals surface area contributed by atoms with Crippen LogP contribution in [0.15, 0.2) is 48.0 Å². The third kappa shape index (κ3) is 4.70. The Morgan fingerprint density at radius 1 is 0.944 bits per heavy atom. The summed E-state index contributed by atoms with van der Waals surface area (Å²) in [6.45, 7) is 8.98. The maximum absolute atomic E-state index is 13.3. The molecule has 0 aliphatic carbocycles. The highest BCUT2D eigenvalue weighted by Crippen LogP contribution is 2.41. The fourth-order valence-electron chi connectivity index (χ4n) is 4.94. The van der Waals surface area contributed by atoms with Crippen molar-refractivity contribution in [3.8, 4) is 11.5 Å². The van der Waals surface area contributed by atoms with Crippen molar-refractivity contribution >= 4 is 17.4 Å². The van der Waals surface area contributed by atoms with E-state index < -0.39 is 17.7 Å². The number of carbonyl (C=O) groups is 2. The number of fused-ring (bicyclic) bond motifs is 1. The molecule has 0 bridgehead atoms. The van der Waals surface area contributed by atoms with E-state index in [-0.39, 0.29) is 11.3 Å². The van der Waals surface area contributed by atoms with E-state index in [0.29, 0.717) is 62.5 Å². The average Bonchev–Trinajstić information content (AvgIpc) is 3.16. The first-order valence-corrected chi connectivity index (χ1v) is 12.5. The molecule has 1 amide bonds. The SMILES string of the molecule is CC(C)c1ccc([C@@H]2C(=C(O)c3ccc4c(c3)OCCO4)C(=O)C(=O)N2CCN2CCOCC2)cc1. The van der Waals surface area contributed by atoms with Gasteiger partial charge in [0, 0.05) is 31.7 Å². The fraction of sp³-hybridized carbons (Fsp3) is 0.429. The topological polar surface area (TPSA) is 88.5 Å². The van der Waals surface area contributed by atoms with Crippen LogP contribution in [0.25, 0.3) is 5.76 Å². The molecule has 2 fully saturated rings. The summed E-state index contributed by atoms with van der Waals surface area (Å²) in [5.41, 5.74) is 2.46. The molecule has 2 saturated heterocycles. The van der Waals surface area contributed by atoms with Crippen LogP contribution in [-0.4, -0.2) is 79.2 Å². The van der Waals surface area contributed by atoms with E-state index in [2.05, 4.69) is 18.7 Å². The molecule has 0 unspecified atom stereocenters. The zero-order chi connectivity index (χ0) is 25.2. The van der Waals surface area contributed by atoms with Crippen LogP contribution < -0.4 is 9.47 Å². The first-order valence-electron chi connectivity index (χ1n) is 12.5. The molecule has 3 aliphatic heterocycles. The summed E-state index contributed by atoms with van der Waals surface area (Å²) in [6, 6.07) is 12.3. The molecule has 2 aromatic carbocycles. The summed E-state index contributed by atoms with van der Waals surface area (Å²) in [7, 11) is 0. The standard InChI is InChI=1S/C28H32N2O6/c1-18(2)19-3-5-20(6-4-19)25-24(26(31)21-7-8-22-23(17-21)36-16-15-35-22)27(32)28(33)30(25)10-9-29-11-13-34-14-12-29/h3-8,17-18,25,31H,9-16H2,1-2H3/t25-/m1/s1. The quantitative estimate of drug-likeness (QED) is 0.376. The van der Waals surface area contributed by atoms with Crippen LogP contribution in [-0.2, 0) is 14.3 Å². The minimum atomic E-state index is -0.680. The first kappa shape index (κ1) is 24.3. The molecule has 0 saturated carbocycles. The molecular formula is C28H32N2O6. The van der Waals surface area contributed by atoms with Gasteiger partial charge in [-0.2, -0.15) is 0 Å². The predicted molar refractivity (Wildman–Crippen MR) is 134 cm³/mol. The summed E-state index contributed by atoms with van der Waals surface area (Å²) in [5, 5.41) is 11.4. The molecule has 0 spiro atoms. The van der Waals surface area contributed by atoms with Gasteiger partial charge in [-0.3, -0.25) is 14.5 Å². The lowest BCUT2D eigenvalue weighted by Crippen LogP contribution is -2.42. The van der Waals surface area contributed by atoms with Gasteiger partial charge in [-0.15, -0.1) is 0 Å². The van der Waals surface area contributed by atoms with E-state index in [4.69, 9.17) is 14.2 Å². The molecular weight excluding hydrogens is 460 g/mol. The minimum Gasteiger partial charge on any atom is -0.507 e. The Morgan fingerprint density at radius 2 is 1.64 bits per heavy atom. The summed E-state index contributed by atoms with van der Waals surface area (Å²) < 4.78 is 16.7. The molecule has 190 valence electrons. The van der Waals surface area contributed by atoms with Crippen LogP contribution in [0.5, 0.6) is 11.5 Å². The number of hydrogen-bond acceptors (Lipinski definition) is 7. The molecule has 3 heterocycles. The number of rotatable bonds is 6. The molecule has 5 rings (SSSR count). The van der Waals surface area contributed by atoms with Crippen molar-refractivity contribution in [2.75, 3.05) is 52.6 Å². The van der Waals surface area contributed by atoms with Crippen molar-refractivity contribution in [3.05, 3.63) is 64.7 Å². The lowest BCUT2D eigenvalue weighted by Gasteiger charge is -2.31. The van der Waals surface area contributed by atoms with Crippen molar-refractivity contribution < 1.29 is 28.9 Å². The zero-order valence-corrected chi connectivity index (χ0v) is 20.7. The number of hydrogen-bond donors (Lipinski definition) is 1. The van der Waals surface area contributed by atoms with Gasteiger partial charge in [0.1, 0.15) is 19.0 Å². The third-order valence-corrected chi connectivity index (χ3v) is 7.04. The van der Waals surface area contributed by atoms with Gasteiger partial charge in [-0.05, 0) is 35.2 Å². The van der Waals surface area contributed by atoms with Gasteiger partial charge in [0.25, 0.3) is 11.7 Å². The summed E-state index contributed by atoms with van der Waals surface area (Å²) >= 11 is 0. The molecule has 2 aromatic rings. The number of amides is 1. The second-order valence-electron chi connectivity index (χ2n) is 9.63. The molecule has 0 radical (unpaired) electrons. The Kier molecular flexibility index (Phi) is 6.98. The highest BCUT2D eigenvalue weighted by molar-refractivity contribution is 6.46. The first-order chi connectivity index (χ1) is 17.4. The lowest BCUT2D eigenvalue weighted by molar-refractivity contribution is -0.140. The van der Waals surface area contributed by atoms with E-state index in [9.17, 15) is 14.7 Å². The Hall–Kier alpha value is -3.36. The highest BCUT2D eigenvalue weighted by Gasteiger charge is 2.46. The summed E-state index contributed by atoms with van der Waals surface area (Å²) in [4.78, 5) is 30.4. The number of benzene rings is 2. The number of nitrogens with zero attached hydrogens (tertiary/aromatic N) is 2. The van der Waals surface area contributed by atoms with Gasteiger partial charge in [0.05, 0.1) is 24.8 Å². The fourth-order valence-corrected chi connectivity index (χ4v) is 4.94. The molecule has 0 aromatic heterocycles. The number of carbonyl (C=O) groups excluding carboxylic acids is 2. The van der Waals surface area contributed by atoms with E-state index in [1.54, 1.807) is 23.1 Å². The molecule has 1 atom stereocenters. The van der Waals surface area contributed by atoms with E-state index >= 15 is 0 Å². The van der Waals surface area contributed by atoms with Crippen LogP contribution >= 0.6 is 0 Å². The largest absolute Gasteiger partial charge is 0.507 e. The molecule has 8 heteroatoms. The Bertz CT molecular complexity index is 1170. The van der Waals surface area contributed by atoms with Gasteiger partial charge in [-0.1, -0.05) is 38.1 Å². The summed E-state index contributed by atoms with van der Waals surface area (Å²) in [6.07, 6.45) is 0. The van der Waals surface area contributed by atoms with Crippen molar-refractivity contribution in [1.29, 1.82) is 0 Å². The van der Waals surface area contributed by atoms with Gasteiger partial charge >= 0.3 is 0 Å². The number of Topliss-reactive ketones (excluding diaryl/α,β-unsaturated/α-hetero) is 1. The van der Waals surface area contributed by atoms with Crippen LogP contribution in [0, 0.1) is 0 Å². The van der Waals surface area contributed by atoms with Crippen LogP contribution in [0.3, 0.4) is 0 Å². The monoisotopic (exact) mass is 492 g/mol. The third-order valence-electron chi connectivity index (χ3n) is 7.04. The number of aliphatic hydroxyl groups excluding tert-OH is 1. The van der Waals surface area contributed by atoms with Gasteiger partial charge in [0.15, 0.2) is 11.5 Å². The lowest BCUT2D eigenvalue weighted by atomic mass is 9.93. The van der Waals surface area contributed by atoms with E-state index in [1.165, 1.54) is 0 Å². The van der Waals surface area contributed by atoms with Crippen LogP contribution in [0.1, 0.15) is 42.5 Å².